The van der Waals surface area contributed by atoms with Crippen molar-refractivity contribution < 1.29 is 41.4 Å². The van der Waals surface area contributed by atoms with Crippen LogP contribution in [0.15, 0.2) is 18.2 Å². The zero-order valence-electron chi connectivity index (χ0n) is 9.38. The molecule has 0 aromatic heterocycles. The zero-order chi connectivity index (χ0) is 15.9. The summed E-state index contributed by atoms with van der Waals surface area (Å²) in [6.07, 6.45) is -12.1. The molecule has 0 radical (unpaired) electrons. The van der Waals surface area contributed by atoms with Gasteiger partial charge in [-0.15, -0.1) is 0 Å². The first-order chi connectivity index (χ1) is 8.82. The quantitative estimate of drug-likeness (QED) is 0.578. The van der Waals surface area contributed by atoms with Crippen molar-refractivity contribution in [3.05, 3.63) is 29.3 Å². The van der Waals surface area contributed by atoms with Gasteiger partial charge in [-0.1, -0.05) is 6.07 Å². The van der Waals surface area contributed by atoms with Gasteiger partial charge in [0.05, 0.1) is 5.56 Å². The number of nitrogens with two attached hydrogens (primary N) is 1. The van der Waals surface area contributed by atoms with Crippen LogP contribution in [0.25, 0.3) is 0 Å². The molecule has 0 saturated carbocycles. The van der Waals surface area contributed by atoms with Crippen LogP contribution in [0.4, 0.5) is 32.0 Å². The van der Waals surface area contributed by atoms with Gasteiger partial charge in [0.25, 0.3) is 5.60 Å². The predicted octanol–water partition coefficient (Wildman–Crippen LogP) is 2.28. The normalized spacial score (nSPS) is 13.3. The molecule has 1 rings (SSSR count). The number of carboxylic acid groups (broad SMARTS) is 1. The van der Waals surface area contributed by atoms with Crippen molar-refractivity contribution in [2.75, 3.05) is 5.73 Å². The summed E-state index contributed by atoms with van der Waals surface area (Å²) >= 11 is 0. The van der Waals surface area contributed by atoms with Gasteiger partial charge in [0.2, 0.25) is 0 Å². The molecule has 0 spiro atoms. The van der Waals surface area contributed by atoms with Gasteiger partial charge in [0.1, 0.15) is 0 Å². The minimum Gasteiger partial charge on any atom is -0.478 e. The maximum absolute atomic E-state index is 12.5. The van der Waals surface area contributed by atoms with E-state index in [0.717, 1.165) is 0 Å². The molecule has 4 N–H and O–H groups in total. The smallest absolute Gasteiger partial charge is 0.430 e. The zero-order valence-corrected chi connectivity index (χ0v) is 9.38. The topological polar surface area (TPSA) is 83.5 Å². The minimum absolute atomic E-state index is 0.129. The van der Waals surface area contributed by atoms with Crippen LogP contribution in [0.3, 0.4) is 0 Å². The number of hydrogen-bond donors (Lipinski definition) is 3. The number of nitrogen functional groups attached to an aromatic ring is 1. The van der Waals surface area contributed by atoms with E-state index in [9.17, 15) is 31.1 Å². The Balaban J connectivity index is 3.54. The molecule has 0 aliphatic rings. The van der Waals surface area contributed by atoms with Gasteiger partial charge >= 0.3 is 18.3 Å². The summed E-state index contributed by atoms with van der Waals surface area (Å²) in [5.74, 6) is -1.63. The standard InChI is InChI=1S/C10H7F6NO3/c11-9(12,13)8(20,10(14,15)16)4-1-2-5(7(18)19)6(17)3-4/h1-3,20H,17H2,(H,18,19). The Labute approximate surface area is 107 Å². The summed E-state index contributed by atoms with van der Waals surface area (Å²) in [6.45, 7) is 0. The third-order valence-corrected chi connectivity index (χ3v) is 2.52. The van der Waals surface area contributed by atoms with Crippen LogP contribution in [0.5, 0.6) is 0 Å². The summed E-state index contributed by atoms with van der Waals surface area (Å²) in [5, 5.41) is 17.6. The van der Waals surface area contributed by atoms with Gasteiger partial charge < -0.3 is 15.9 Å². The average molecular weight is 303 g/mol. The van der Waals surface area contributed by atoms with E-state index in [2.05, 4.69) is 0 Å². The van der Waals surface area contributed by atoms with Crippen LogP contribution in [-0.2, 0) is 5.60 Å². The maximum atomic E-state index is 12.5. The Hall–Kier alpha value is -1.97. The fourth-order valence-electron chi connectivity index (χ4n) is 1.47. The second-order valence-electron chi connectivity index (χ2n) is 3.81. The van der Waals surface area contributed by atoms with E-state index in [1.807, 2.05) is 0 Å². The number of aromatic carboxylic acids is 1. The number of alkyl halides is 6. The van der Waals surface area contributed by atoms with Gasteiger partial charge in [-0.2, -0.15) is 26.3 Å². The van der Waals surface area contributed by atoms with Crippen LogP contribution >= 0.6 is 0 Å². The molecule has 0 saturated heterocycles. The lowest BCUT2D eigenvalue weighted by atomic mass is 9.91. The summed E-state index contributed by atoms with van der Waals surface area (Å²) in [6, 6.07) is 0.792. The summed E-state index contributed by atoms with van der Waals surface area (Å²) < 4.78 is 75.3. The number of halogens is 6. The van der Waals surface area contributed by atoms with Gasteiger partial charge in [-0.05, 0) is 12.1 Å². The van der Waals surface area contributed by atoms with Gasteiger partial charge in [0, 0.05) is 11.3 Å². The van der Waals surface area contributed by atoms with Crippen LogP contribution < -0.4 is 5.73 Å². The molecule has 1 aromatic rings. The summed E-state index contributed by atoms with van der Waals surface area (Å²) in [5.41, 5.74) is -3.18. The number of carbonyl (C=O) groups is 1. The number of rotatable bonds is 2. The highest BCUT2D eigenvalue weighted by atomic mass is 19.4. The lowest BCUT2D eigenvalue weighted by molar-refractivity contribution is -0.376. The maximum Gasteiger partial charge on any atom is 0.430 e. The molecule has 0 aliphatic heterocycles. The Morgan fingerprint density at radius 1 is 1.05 bits per heavy atom. The molecular weight excluding hydrogens is 296 g/mol. The minimum atomic E-state index is -6.05. The lowest BCUT2D eigenvalue weighted by Gasteiger charge is -2.32. The molecule has 0 heterocycles. The Morgan fingerprint density at radius 3 is 1.80 bits per heavy atom. The third-order valence-electron chi connectivity index (χ3n) is 2.52. The monoisotopic (exact) mass is 303 g/mol. The molecule has 10 heteroatoms. The third kappa shape index (κ3) is 2.38. The van der Waals surface area contributed by atoms with Crippen molar-refractivity contribution >= 4 is 11.7 Å². The Bertz CT molecular complexity index is 523. The number of anilines is 1. The first-order valence-electron chi connectivity index (χ1n) is 4.81. The van der Waals surface area contributed by atoms with E-state index >= 15 is 0 Å². The second kappa shape index (κ2) is 4.54. The molecule has 0 bridgehead atoms. The van der Waals surface area contributed by atoms with Crippen molar-refractivity contribution in [2.45, 2.75) is 18.0 Å². The second-order valence-corrected chi connectivity index (χ2v) is 3.81. The van der Waals surface area contributed by atoms with E-state index in [4.69, 9.17) is 15.9 Å². The van der Waals surface area contributed by atoms with Crippen molar-refractivity contribution in [2.24, 2.45) is 0 Å². The van der Waals surface area contributed by atoms with E-state index in [0.29, 0.717) is 6.07 Å². The number of aliphatic hydroxyl groups is 1. The SMILES string of the molecule is Nc1cc(C(O)(C(F)(F)F)C(F)(F)F)ccc1C(=O)O. The first-order valence-corrected chi connectivity index (χ1v) is 4.81. The first kappa shape index (κ1) is 16.1. The van der Waals surface area contributed by atoms with Crippen molar-refractivity contribution in [1.29, 1.82) is 0 Å². The number of hydrogen-bond acceptors (Lipinski definition) is 3. The van der Waals surface area contributed by atoms with Crippen molar-refractivity contribution in [3.8, 4) is 0 Å². The summed E-state index contributed by atoms with van der Waals surface area (Å²) in [4.78, 5) is 10.6. The molecule has 112 valence electrons. The molecule has 4 nitrogen and oxygen atoms in total. The van der Waals surface area contributed by atoms with Crippen molar-refractivity contribution in [1.82, 2.24) is 0 Å². The van der Waals surface area contributed by atoms with Crippen LogP contribution in [-0.4, -0.2) is 28.5 Å². The van der Waals surface area contributed by atoms with Gasteiger partial charge in [-0.3, -0.25) is 0 Å². The van der Waals surface area contributed by atoms with Crippen molar-refractivity contribution in [3.63, 3.8) is 0 Å². The van der Waals surface area contributed by atoms with E-state index in [-0.39, 0.29) is 12.1 Å². The largest absolute Gasteiger partial charge is 0.478 e. The molecule has 0 unspecified atom stereocenters. The highest BCUT2D eigenvalue weighted by molar-refractivity contribution is 5.93. The molecule has 1 aromatic carbocycles. The number of carboxylic acids is 1. The van der Waals surface area contributed by atoms with E-state index < -0.39 is 40.7 Å². The molecule has 0 fully saturated rings. The predicted molar refractivity (Wildman–Crippen MR) is 53.8 cm³/mol. The number of benzene rings is 1. The highest BCUT2D eigenvalue weighted by Crippen LogP contribution is 2.50. The van der Waals surface area contributed by atoms with E-state index in [1.165, 1.54) is 0 Å². The lowest BCUT2D eigenvalue weighted by Crippen LogP contribution is -2.53. The van der Waals surface area contributed by atoms with Crippen LogP contribution in [0.1, 0.15) is 15.9 Å². The van der Waals surface area contributed by atoms with E-state index in [1.54, 1.807) is 0 Å². The van der Waals surface area contributed by atoms with Gasteiger partial charge in [0.15, 0.2) is 0 Å². The van der Waals surface area contributed by atoms with Crippen LogP contribution in [0, 0.1) is 0 Å². The Morgan fingerprint density at radius 2 is 1.50 bits per heavy atom. The highest BCUT2D eigenvalue weighted by Gasteiger charge is 2.71. The fraction of sp³-hybridized carbons (Fsp3) is 0.300. The van der Waals surface area contributed by atoms with Crippen LogP contribution in [0.2, 0.25) is 0 Å². The molecule has 0 atom stereocenters. The fourth-order valence-corrected chi connectivity index (χ4v) is 1.47. The molecule has 20 heavy (non-hydrogen) atoms. The average Bonchev–Trinajstić information content (AvgIpc) is 2.24. The molecular formula is C10H7F6NO3. The summed E-state index contributed by atoms with van der Waals surface area (Å²) in [7, 11) is 0. The Kier molecular flexibility index (Phi) is 3.66. The molecule has 0 amide bonds. The molecule has 0 aliphatic carbocycles. The van der Waals surface area contributed by atoms with Gasteiger partial charge in [-0.25, -0.2) is 4.79 Å².